The Hall–Kier alpha value is -3.26. The first-order chi connectivity index (χ1) is 14.1. The third-order valence-electron chi connectivity index (χ3n) is 5.88. The highest BCUT2D eigenvalue weighted by Crippen LogP contribution is 2.38. The number of para-hydroxylation sites is 1. The first-order valence-electron chi connectivity index (χ1n) is 9.93. The smallest absolute Gasteiger partial charge is 0.246 e. The zero-order valence-electron chi connectivity index (χ0n) is 16.5. The first kappa shape index (κ1) is 19.1. The van der Waals surface area contributed by atoms with Crippen molar-refractivity contribution in [3.05, 3.63) is 60.7 Å². The number of ether oxygens (including phenoxy) is 2. The van der Waals surface area contributed by atoms with E-state index in [4.69, 9.17) is 9.47 Å². The average molecular weight is 388 g/mol. The van der Waals surface area contributed by atoms with Crippen molar-refractivity contribution < 1.29 is 14.3 Å². The molecule has 2 aliphatic heterocycles. The number of hydrogen-bond donors (Lipinski definition) is 0. The van der Waals surface area contributed by atoms with Crippen molar-refractivity contribution in [2.24, 2.45) is 0 Å². The first-order valence-corrected chi connectivity index (χ1v) is 9.93. The third kappa shape index (κ3) is 3.71. The van der Waals surface area contributed by atoms with Gasteiger partial charge in [-0.25, -0.2) is 0 Å². The van der Waals surface area contributed by atoms with E-state index in [0.717, 1.165) is 42.6 Å². The number of hydrogen-bond acceptors (Lipinski definition) is 4. The van der Waals surface area contributed by atoms with Crippen molar-refractivity contribution in [3.63, 3.8) is 0 Å². The number of piperidine rings is 1. The van der Waals surface area contributed by atoms with Crippen molar-refractivity contribution in [3.8, 4) is 28.7 Å². The Labute approximate surface area is 171 Å². The minimum Gasteiger partial charge on any atom is -0.496 e. The Morgan fingerprint density at radius 2 is 1.93 bits per heavy atom. The SMILES string of the molecule is C=CC(=O)N1[C@@H]2CC[C@H]1C[C@H](Oc1cc(C#N)cc(-c3ccccc3OC)c1)C2. The van der Waals surface area contributed by atoms with Crippen molar-refractivity contribution in [1.82, 2.24) is 4.90 Å². The van der Waals surface area contributed by atoms with Gasteiger partial charge in [0, 0.05) is 30.5 Å². The molecule has 2 heterocycles. The van der Waals surface area contributed by atoms with Crippen LogP contribution in [0.5, 0.6) is 11.5 Å². The molecular formula is C24H24N2O3. The van der Waals surface area contributed by atoms with E-state index in [-0.39, 0.29) is 24.1 Å². The molecular weight excluding hydrogens is 364 g/mol. The molecule has 2 fully saturated rings. The van der Waals surface area contributed by atoms with Crippen LogP contribution in [0.4, 0.5) is 0 Å². The largest absolute Gasteiger partial charge is 0.496 e. The Kier molecular flexibility index (Phi) is 5.26. The summed E-state index contributed by atoms with van der Waals surface area (Å²) in [5.74, 6) is 1.45. The van der Waals surface area contributed by atoms with Crippen LogP contribution in [-0.2, 0) is 4.79 Å². The van der Waals surface area contributed by atoms with Gasteiger partial charge in [-0.3, -0.25) is 4.79 Å². The molecule has 0 unspecified atom stereocenters. The summed E-state index contributed by atoms with van der Waals surface area (Å²) in [7, 11) is 1.64. The highest BCUT2D eigenvalue weighted by molar-refractivity contribution is 5.87. The van der Waals surface area contributed by atoms with Gasteiger partial charge in [-0.05, 0) is 48.7 Å². The lowest BCUT2D eigenvalue weighted by Gasteiger charge is -2.38. The highest BCUT2D eigenvalue weighted by atomic mass is 16.5. The van der Waals surface area contributed by atoms with Crippen LogP contribution < -0.4 is 9.47 Å². The zero-order valence-corrected chi connectivity index (χ0v) is 16.5. The molecule has 0 aliphatic carbocycles. The number of amides is 1. The van der Waals surface area contributed by atoms with Crippen LogP contribution in [0.3, 0.4) is 0 Å². The molecule has 1 amide bonds. The normalized spacial score (nSPS) is 22.6. The highest BCUT2D eigenvalue weighted by Gasteiger charge is 2.43. The Bertz CT molecular complexity index is 964. The number of nitriles is 1. The third-order valence-corrected chi connectivity index (χ3v) is 5.88. The predicted molar refractivity (Wildman–Crippen MR) is 111 cm³/mol. The molecule has 148 valence electrons. The summed E-state index contributed by atoms with van der Waals surface area (Å²) in [6, 6.07) is 16.0. The molecule has 0 spiro atoms. The lowest BCUT2D eigenvalue weighted by molar-refractivity contribution is -0.131. The molecule has 2 aromatic carbocycles. The summed E-state index contributed by atoms with van der Waals surface area (Å²) in [5.41, 5.74) is 2.35. The summed E-state index contributed by atoms with van der Waals surface area (Å²) in [5, 5.41) is 9.49. The number of carbonyl (C=O) groups is 1. The minimum atomic E-state index is 0.0147. The van der Waals surface area contributed by atoms with Gasteiger partial charge in [0.2, 0.25) is 5.91 Å². The number of methoxy groups -OCH3 is 1. The summed E-state index contributed by atoms with van der Waals surface area (Å²) in [6.07, 6.45) is 5.06. The summed E-state index contributed by atoms with van der Waals surface area (Å²) < 4.78 is 11.8. The molecule has 0 N–H and O–H groups in total. The molecule has 0 aromatic heterocycles. The minimum absolute atomic E-state index is 0.0147. The molecule has 0 saturated carbocycles. The molecule has 29 heavy (non-hydrogen) atoms. The number of rotatable bonds is 5. The molecule has 3 atom stereocenters. The quantitative estimate of drug-likeness (QED) is 0.716. The number of fused-ring (bicyclic) bond motifs is 2. The van der Waals surface area contributed by atoms with Crippen LogP contribution in [0.1, 0.15) is 31.2 Å². The summed E-state index contributed by atoms with van der Waals surface area (Å²) in [4.78, 5) is 14.1. The monoisotopic (exact) mass is 388 g/mol. The maximum absolute atomic E-state index is 12.2. The second kappa shape index (κ2) is 8.00. The van der Waals surface area contributed by atoms with Gasteiger partial charge in [0.25, 0.3) is 0 Å². The van der Waals surface area contributed by atoms with Gasteiger partial charge in [0.15, 0.2) is 0 Å². The zero-order chi connectivity index (χ0) is 20.4. The number of carbonyl (C=O) groups excluding carboxylic acids is 1. The maximum atomic E-state index is 12.2. The standard InChI is InChI=1S/C24H24N2O3/c1-3-24(27)26-18-8-9-19(26)14-21(13-18)29-20-11-16(15-25)10-17(12-20)22-6-4-5-7-23(22)28-2/h3-7,10-12,18-19,21H,1,8-9,13-14H2,2H3/t18-,19+,21-. The van der Waals surface area contributed by atoms with Crippen molar-refractivity contribution in [2.75, 3.05) is 7.11 Å². The lowest BCUT2D eigenvalue weighted by atomic mass is 9.99. The number of benzene rings is 2. The maximum Gasteiger partial charge on any atom is 0.246 e. The van der Waals surface area contributed by atoms with Gasteiger partial charge < -0.3 is 14.4 Å². The molecule has 0 radical (unpaired) electrons. The molecule has 5 nitrogen and oxygen atoms in total. The van der Waals surface area contributed by atoms with Gasteiger partial charge >= 0.3 is 0 Å². The van der Waals surface area contributed by atoms with E-state index >= 15 is 0 Å². The van der Waals surface area contributed by atoms with E-state index in [1.807, 2.05) is 41.3 Å². The van der Waals surface area contributed by atoms with E-state index in [1.165, 1.54) is 6.08 Å². The predicted octanol–water partition coefficient (Wildman–Crippen LogP) is 4.32. The average Bonchev–Trinajstić information content (AvgIpc) is 3.03. The second-order valence-corrected chi connectivity index (χ2v) is 7.60. The molecule has 2 bridgehead atoms. The van der Waals surface area contributed by atoms with Crippen molar-refractivity contribution >= 4 is 5.91 Å². The fourth-order valence-corrected chi connectivity index (χ4v) is 4.65. The van der Waals surface area contributed by atoms with E-state index in [2.05, 4.69) is 12.6 Å². The molecule has 2 aromatic rings. The van der Waals surface area contributed by atoms with E-state index in [9.17, 15) is 10.1 Å². The summed E-state index contributed by atoms with van der Waals surface area (Å²) in [6.45, 7) is 3.63. The fourth-order valence-electron chi connectivity index (χ4n) is 4.65. The topological polar surface area (TPSA) is 62.6 Å². The van der Waals surface area contributed by atoms with E-state index in [1.54, 1.807) is 13.2 Å². The van der Waals surface area contributed by atoms with Crippen molar-refractivity contribution in [1.29, 1.82) is 5.26 Å². The Balaban J connectivity index is 1.58. The van der Waals surface area contributed by atoms with Gasteiger partial charge in [0.1, 0.15) is 17.6 Å². The van der Waals surface area contributed by atoms with E-state index < -0.39 is 0 Å². The molecule has 5 heteroatoms. The molecule has 2 saturated heterocycles. The van der Waals surface area contributed by atoms with Gasteiger partial charge in [-0.1, -0.05) is 24.8 Å². The van der Waals surface area contributed by atoms with Crippen LogP contribution in [0.25, 0.3) is 11.1 Å². The fraction of sp³-hybridized carbons (Fsp3) is 0.333. The molecule has 4 rings (SSSR count). The lowest BCUT2D eigenvalue weighted by Crippen LogP contribution is -2.48. The van der Waals surface area contributed by atoms with Crippen LogP contribution >= 0.6 is 0 Å². The van der Waals surface area contributed by atoms with Crippen LogP contribution in [0.15, 0.2) is 55.1 Å². The molecule has 2 aliphatic rings. The number of nitrogens with zero attached hydrogens (tertiary/aromatic N) is 2. The Morgan fingerprint density at radius 1 is 1.21 bits per heavy atom. The summed E-state index contributed by atoms with van der Waals surface area (Å²) >= 11 is 0. The van der Waals surface area contributed by atoms with Gasteiger partial charge in [0.05, 0.1) is 18.7 Å². The van der Waals surface area contributed by atoms with Gasteiger partial charge in [-0.15, -0.1) is 0 Å². The van der Waals surface area contributed by atoms with Crippen LogP contribution in [-0.4, -0.2) is 36.1 Å². The van der Waals surface area contributed by atoms with E-state index in [0.29, 0.717) is 11.3 Å². The second-order valence-electron chi connectivity index (χ2n) is 7.60. The Morgan fingerprint density at radius 3 is 2.59 bits per heavy atom. The van der Waals surface area contributed by atoms with Crippen molar-refractivity contribution in [2.45, 2.75) is 43.9 Å². The van der Waals surface area contributed by atoms with Gasteiger partial charge in [-0.2, -0.15) is 5.26 Å². The van der Waals surface area contributed by atoms with Crippen LogP contribution in [0.2, 0.25) is 0 Å². The van der Waals surface area contributed by atoms with Crippen LogP contribution in [0, 0.1) is 11.3 Å².